The summed E-state index contributed by atoms with van der Waals surface area (Å²) >= 11 is 7.75. The molecule has 34 heavy (non-hydrogen) atoms. The fraction of sp³-hybridized carbons (Fsp3) is 0.440. The Morgan fingerprint density at radius 3 is 2.47 bits per heavy atom. The molecule has 182 valence electrons. The van der Waals surface area contributed by atoms with Crippen molar-refractivity contribution in [1.29, 1.82) is 0 Å². The normalized spacial score (nSPS) is 14.9. The highest BCUT2D eigenvalue weighted by atomic mass is 35.5. The maximum atomic E-state index is 13.2. The predicted octanol–water partition coefficient (Wildman–Crippen LogP) is 5.35. The number of amides is 2. The van der Waals surface area contributed by atoms with Gasteiger partial charge in [-0.1, -0.05) is 61.2 Å². The minimum absolute atomic E-state index is 0.0357. The van der Waals surface area contributed by atoms with Crippen molar-refractivity contribution in [1.82, 2.24) is 10.2 Å². The number of non-ortho nitro benzene ring substituents is 1. The number of benzene rings is 2. The summed E-state index contributed by atoms with van der Waals surface area (Å²) in [7, 11) is 0. The largest absolute Gasteiger partial charge is 0.352 e. The molecule has 0 spiro atoms. The number of halogens is 1. The smallest absolute Gasteiger partial charge is 0.269 e. The van der Waals surface area contributed by atoms with Gasteiger partial charge >= 0.3 is 0 Å². The van der Waals surface area contributed by atoms with Crippen LogP contribution >= 0.6 is 23.4 Å². The second-order valence-corrected chi connectivity index (χ2v) is 9.94. The third-order valence-electron chi connectivity index (χ3n) is 6.06. The molecule has 0 heterocycles. The van der Waals surface area contributed by atoms with Gasteiger partial charge in [0.05, 0.1) is 10.7 Å². The molecule has 0 bridgehead atoms. The number of nitrogens with one attached hydrogen (secondary N) is 1. The molecule has 1 N–H and O–H groups in total. The molecule has 2 amide bonds. The highest BCUT2D eigenvalue weighted by Gasteiger charge is 2.28. The van der Waals surface area contributed by atoms with E-state index in [0.717, 1.165) is 36.8 Å². The lowest BCUT2D eigenvalue weighted by Crippen LogP contribution is -2.50. The number of carbonyl (C=O) groups excluding carboxylic acids is 2. The van der Waals surface area contributed by atoms with Crippen molar-refractivity contribution in [3.05, 3.63) is 74.8 Å². The van der Waals surface area contributed by atoms with Crippen LogP contribution in [0.2, 0.25) is 5.02 Å². The molecule has 1 aliphatic carbocycles. The summed E-state index contributed by atoms with van der Waals surface area (Å²) in [6.07, 6.45) is 5.37. The number of thioether (sulfide) groups is 1. The van der Waals surface area contributed by atoms with E-state index in [1.165, 1.54) is 30.3 Å². The molecule has 2 aromatic rings. The quantitative estimate of drug-likeness (QED) is 0.348. The maximum absolute atomic E-state index is 13.2. The van der Waals surface area contributed by atoms with Crippen molar-refractivity contribution in [2.45, 2.75) is 63.4 Å². The number of hydrogen-bond donors (Lipinski definition) is 1. The van der Waals surface area contributed by atoms with Crippen LogP contribution in [0.25, 0.3) is 0 Å². The number of nitro benzene ring substituents is 1. The lowest BCUT2D eigenvalue weighted by Gasteiger charge is -2.31. The number of hydrogen-bond acceptors (Lipinski definition) is 5. The minimum Gasteiger partial charge on any atom is -0.352 e. The molecule has 2 aromatic carbocycles. The molecular weight excluding hydrogens is 474 g/mol. The Morgan fingerprint density at radius 1 is 1.15 bits per heavy atom. The Labute approximate surface area is 209 Å². The van der Waals surface area contributed by atoms with Gasteiger partial charge in [0.1, 0.15) is 6.04 Å². The van der Waals surface area contributed by atoms with Gasteiger partial charge < -0.3 is 10.2 Å². The third kappa shape index (κ3) is 7.46. The average molecular weight is 504 g/mol. The van der Waals surface area contributed by atoms with Crippen LogP contribution in [0.1, 0.15) is 50.2 Å². The van der Waals surface area contributed by atoms with E-state index < -0.39 is 11.0 Å². The topological polar surface area (TPSA) is 92.6 Å². The molecule has 9 heteroatoms. The standard InChI is InChI=1S/C25H30ClN3O4S/c1-18(25(31)27-21-8-3-2-4-9-21)28(15-20-7-5-6-10-23(20)26)24(30)17-34-16-19-11-13-22(14-12-19)29(32)33/h5-7,10-14,18,21H,2-4,8-9,15-17H2,1H3,(H,27,31). The molecule has 0 aromatic heterocycles. The maximum Gasteiger partial charge on any atom is 0.269 e. The average Bonchev–Trinajstić information content (AvgIpc) is 2.84. The Kier molecular flexibility index (Phi) is 9.77. The van der Waals surface area contributed by atoms with Gasteiger partial charge in [-0.25, -0.2) is 0 Å². The predicted molar refractivity (Wildman–Crippen MR) is 136 cm³/mol. The van der Waals surface area contributed by atoms with Crippen LogP contribution in [0.5, 0.6) is 0 Å². The highest BCUT2D eigenvalue weighted by molar-refractivity contribution is 7.99. The minimum atomic E-state index is -0.634. The molecular formula is C25H30ClN3O4S. The van der Waals surface area contributed by atoms with Gasteiger partial charge in [-0.05, 0) is 37.0 Å². The Morgan fingerprint density at radius 2 is 1.82 bits per heavy atom. The number of rotatable bonds is 10. The molecule has 1 unspecified atom stereocenters. The van der Waals surface area contributed by atoms with Gasteiger partial charge in [0, 0.05) is 35.5 Å². The van der Waals surface area contributed by atoms with Crippen molar-refractivity contribution in [3.63, 3.8) is 0 Å². The Balaban J connectivity index is 1.65. The number of nitro groups is 1. The highest BCUT2D eigenvalue weighted by Crippen LogP contribution is 2.22. The number of carbonyl (C=O) groups is 2. The third-order valence-corrected chi connectivity index (χ3v) is 7.42. The molecule has 0 radical (unpaired) electrons. The lowest BCUT2D eigenvalue weighted by atomic mass is 9.95. The fourth-order valence-corrected chi connectivity index (χ4v) is 5.08. The second kappa shape index (κ2) is 12.8. The number of nitrogens with zero attached hydrogens (tertiary/aromatic N) is 2. The SMILES string of the molecule is CC(C(=O)NC1CCCCC1)N(Cc1ccccc1Cl)C(=O)CSCc1ccc([N+](=O)[O-])cc1. The van der Waals surface area contributed by atoms with Crippen LogP contribution in [0.3, 0.4) is 0 Å². The van der Waals surface area contributed by atoms with Crippen LogP contribution in [-0.2, 0) is 21.9 Å². The summed E-state index contributed by atoms with van der Waals surface area (Å²) in [5.41, 5.74) is 1.72. The van der Waals surface area contributed by atoms with Gasteiger partial charge in [0.15, 0.2) is 0 Å². The van der Waals surface area contributed by atoms with Crippen molar-refractivity contribution in [2.24, 2.45) is 0 Å². The van der Waals surface area contributed by atoms with E-state index in [0.29, 0.717) is 10.8 Å². The monoisotopic (exact) mass is 503 g/mol. The van der Waals surface area contributed by atoms with E-state index >= 15 is 0 Å². The van der Waals surface area contributed by atoms with E-state index in [9.17, 15) is 19.7 Å². The van der Waals surface area contributed by atoms with E-state index in [-0.39, 0.29) is 35.8 Å². The molecule has 0 aliphatic heterocycles. The van der Waals surface area contributed by atoms with Crippen LogP contribution < -0.4 is 5.32 Å². The molecule has 1 saturated carbocycles. The van der Waals surface area contributed by atoms with Crippen LogP contribution in [0.15, 0.2) is 48.5 Å². The van der Waals surface area contributed by atoms with Crippen molar-refractivity contribution in [2.75, 3.05) is 5.75 Å². The second-order valence-electron chi connectivity index (χ2n) is 8.55. The van der Waals surface area contributed by atoms with Crippen molar-refractivity contribution < 1.29 is 14.5 Å². The zero-order chi connectivity index (χ0) is 24.5. The van der Waals surface area contributed by atoms with Gasteiger partial charge in [0.25, 0.3) is 5.69 Å². The first-order valence-corrected chi connectivity index (χ1v) is 13.0. The summed E-state index contributed by atoms with van der Waals surface area (Å²) in [6.45, 7) is 2.00. The van der Waals surface area contributed by atoms with E-state index in [1.807, 2.05) is 18.2 Å². The van der Waals surface area contributed by atoms with Gasteiger partial charge in [0.2, 0.25) is 11.8 Å². The molecule has 1 fully saturated rings. The molecule has 1 aliphatic rings. The summed E-state index contributed by atoms with van der Waals surface area (Å²) in [5.74, 6) is 0.417. The van der Waals surface area contributed by atoms with Crippen LogP contribution in [0.4, 0.5) is 5.69 Å². The first-order valence-electron chi connectivity index (χ1n) is 11.5. The summed E-state index contributed by atoms with van der Waals surface area (Å²) in [6, 6.07) is 13.2. The Bertz CT molecular complexity index is 996. The lowest BCUT2D eigenvalue weighted by molar-refractivity contribution is -0.384. The summed E-state index contributed by atoms with van der Waals surface area (Å²) in [4.78, 5) is 38.2. The summed E-state index contributed by atoms with van der Waals surface area (Å²) in [5, 5.41) is 14.5. The van der Waals surface area contributed by atoms with E-state index in [1.54, 1.807) is 30.0 Å². The molecule has 3 rings (SSSR count). The molecule has 7 nitrogen and oxygen atoms in total. The zero-order valence-electron chi connectivity index (χ0n) is 19.2. The Hall–Kier alpha value is -2.58. The van der Waals surface area contributed by atoms with Crippen LogP contribution in [-0.4, -0.2) is 39.5 Å². The molecule has 0 saturated heterocycles. The van der Waals surface area contributed by atoms with Crippen molar-refractivity contribution in [3.8, 4) is 0 Å². The molecule has 1 atom stereocenters. The van der Waals surface area contributed by atoms with Gasteiger partial charge in [-0.3, -0.25) is 19.7 Å². The summed E-state index contributed by atoms with van der Waals surface area (Å²) < 4.78 is 0. The zero-order valence-corrected chi connectivity index (χ0v) is 20.8. The first-order chi connectivity index (χ1) is 16.3. The van der Waals surface area contributed by atoms with Crippen LogP contribution in [0, 0.1) is 10.1 Å². The van der Waals surface area contributed by atoms with E-state index in [4.69, 9.17) is 11.6 Å². The van der Waals surface area contributed by atoms with Crippen molar-refractivity contribution >= 4 is 40.9 Å². The van der Waals surface area contributed by atoms with Gasteiger partial charge in [-0.2, -0.15) is 0 Å². The van der Waals surface area contributed by atoms with E-state index in [2.05, 4.69) is 5.32 Å². The first kappa shape index (κ1) is 26.0. The fourth-order valence-electron chi connectivity index (χ4n) is 4.01. The van der Waals surface area contributed by atoms with Gasteiger partial charge in [-0.15, -0.1) is 11.8 Å².